The van der Waals surface area contributed by atoms with E-state index in [1.54, 1.807) is 12.1 Å². The van der Waals surface area contributed by atoms with E-state index in [4.69, 9.17) is 24.1 Å². The number of rotatable bonds is 6. The average molecular weight is 348 g/mol. The predicted molar refractivity (Wildman–Crippen MR) is 91.5 cm³/mol. The first kappa shape index (κ1) is 19.8. The van der Waals surface area contributed by atoms with Gasteiger partial charge in [0.15, 0.2) is 23.0 Å². The van der Waals surface area contributed by atoms with E-state index < -0.39 is 0 Å². The van der Waals surface area contributed by atoms with Crippen molar-refractivity contribution in [3.63, 3.8) is 0 Å². The summed E-state index contributed by atoms with van der Waals surface area (Å²) in [5.74, 6) is 1.80. The van der Waals surface area contributed by atoms with Gasteiger partial charge in [0, 0.05) is 11.1 Å². The first-order chi connectivity index (χ1) is 12.0. The number of ether oxygens (including phenoxy) is 4. The maximum Gasteiger partial charge on any atom is 0.203 e. The lowest BCUT2D eigenvalue weighted by atomic mass is 10.2. The van der Waals surface area contributed by atoms with Crippen molar-refractivity contribution >= 4 is 12.6 Å². The molecular formula is C18H20O7. The minimum atomic E-state index is 0.0399. The molecule has 0 aliphatic rings. The molecule has 7 nitrogen and oxygen atoms in total. The fourth-order valence-electron chi connectivity index (χ4n) is 1.94. The minimum absolute atomic E-state index is 0.0399. The van der Waals surface area contributed by atoms with Gasteiger partial charge in [-0.25, -0.2) is 0 Å². The van der Waals surface area contributed by atoms with E-state index in [1.807, 2.05) is 0 Å². The van der Waals surface area contributed by atoms with Crippen LogP contribution >= 0.6 is 0 Å². The molecule has 0 bridgehead atoms. The van der Waals surface area contributed by atoms with E-state index in [0.29, 0.717) is 40.4 Å². The molecule has 0 unspecified atom stereocenters. The highest BCUT2D eigenvalue weighted by molar-refractivity contribution is 5.78. The second-order valence-corrected chi connectivity index (χ2v) is 4.63. The SMILES string of the molecule is COc1cc(C=O)cc(OC)c1OC.COc1cc(C=O)ccc1O. The summed E-state index contributed by atoms with van der Waals surface area (Å²) in [7, 11) is 5.96. The summed E-state index contributed by atoms with van der Waals surface area (Å²) in [5.41, 5.74) is 0.971. The van der Waals surface area contributed by atoms with Gasteiger partial charge in [-0.05, 0) is 30.3 Å². The zero-order valence-electron chi connectivity index (χ0n) is 14.4. The molecule has 25 heavy (non-hydrogen) atoms. The number of aromatic hydroxyl groups is 1. The lowest BCUT2D eigenvalue weighted by Gasteiger charge is -2.11. The molecule has 1 N–H and O–H groups in total. The van der Waals surface area contributed by atoms with E-state index in [-0.39, 0.29) is 5.75 Å². The van der Waals surface area contributed by atoms with E-state index in [2.05, 4.69) is 0 Å². The van der Waals surface area contributed by atoms with Gasteiger partial charge in [0.2, 0.25) is 5.75 Å². The fraction of sp³-hybridized carbons (Fsp3) is 0.222. The Bertz CT molecular complexity index is 700. The summed E-state index contributed by atoms with van der Waals surface area (Å²) < 4.78 is 20.0. The third-order valence-corrected chi connectivity index (χ3v) is 3.16. The number of phenolic OH excluding ortho intramolecular Hbond substituents is 1. The third-order valence-electron chi connectivity index (χ3n) is 3.16. The summed E-state index contributed by atoms with van der Waals surface area (Å²) in [5, 5.41) is 9.09. The molecule has 0 aliphatic heterocycles. The van der Waals surface area contributed by atoms with Gasteiger partial charge in [0.1, 0.15) is 12.6 Å². The second kappa shape index (κ2) is 9.82. The molecule has 2 rings (SSSR count). The van der Waals surface area contributed by atoms with Gasteiger partial charge in [0.25, 0.3) is 0 Å². The number of carbonyl (C=O) groups is 2. The smallest absolute Gasteiger partial charge is 0.203 e. The number of methoxy groups -OCH3 is 4. The van der Waals surface area contributed by atoms with Crippen LogP contribution in [0.3, 0.4) is 0 Å². The third kappa shape index (κ3) is 5.13. The quantitative estimate of drug-likeness (QED) is 0.803. The molecule has 0 aromatic heterocycles. The highest BCUT2D eigenvalue weighted by Gasteiger charge is 2.12. The summed E-state index contributed by atoms with van der Waals surface area (Å²) in [4.78, 5) is 20.8. The number of carbonyl (C=O) groups excluding carboxylic acids is 2. The Morgan fingerprint density at radius 3 is 1.60 bits per heavy atom. The van der Waals surface area contributed by atoms with Crippen LogP contribution in [0, 0.1) is 0 Å². The molecule has 2 aromatic rings. The Hall–Kier alpha value is -3.22. The zero-order chi connectivity index (χ0) is 18.8. The number of hydrogen-bond donors (Lipinski definition) is 1. The zero-order valence-corrected chi connectivity index (χ0v) is 14.4. The summed E-state index contributed by atoms with van der Waals surface area (Å²) >= 11 is 0. The van der Waals surface area contributed by atoms with Gasteiger partial charge < -0.3 is 24.1 Å². The average Bonchev–Trinajstić information content (AvgIpc) is 2.67. The van der Waals surface area contributed by atoms with Crippen LogP contribution < -0.4 is 18.9 Å². The fourth-order valence-corrected chi connectivity index (χ4v) is 1.94. The van der Waals surface area contributed by atoms with E-state index in [1.165, 1.54) is 46.6 Å². The number of benzene rings is 2. The highest BCUT2D eigenvalue weighted by atomic mass is 16.5. The second-order valence-electron chi connectivity index (χ2n) is 4.63. The van der Waals surface area contributed by atoms with Gasteiger partial charge in [0.05, 0.1) is 28.4 Å². The molecule has 0 amide bonds. The van der Waals surface area contributed by atoms with E-state index >= 15 is 0 Å². The summed E-state index contributed by atoms with van der Waals surface area (Å²) in [6.45, 7) is 0. The van der Waals surface area contributed by atoms with Crippen molar-refractivity contribution in [1.82, 2.24) is 0 Å². The molecule has 7 heteroatoms. The molecule has 0 radical (unpaired) electrons. The van der Waals surface area contributed by atoms with Crippen molar-refractivity contribution < 1.29 is 33.6 Å². The Morgan fingerprint density at radius 1 is 0.720 bits per heavy atom. The van der Waals surface area contributed by atoms with Crippen LogP contribution in [0.25, 0.3) is 0 Å². The molecule has 0 atom stereocenters. The molecule has 0 aliphatic carbocycles. The lowest BCUT2D eigenvalue weighted by molar-refractivity contribution is 0.111. The van der Waals surface area contributed by atoms with Crippen LogP contribution in [0.15, 0.2) is 30.3 Å². The van der Waals surface area contributed by atoms with Gasteiger partial charge in [-0.15, -0.1) is 0 Å². The van der Waals surface area contributed by atoms with Crippen LogP contribution in [0.4, 0.5) is 0 Å². The Balaban J connectivity index is 0.000000257. The van der Waals surface area contributed by atoms with Crippen LogP contribution in [0.1, 0.15) is 20.7 Å². The van der Waals surface area contributed by atoms with Crippen LogP contribution in [-0.4, -0.2) is 46.1 Å². The minimum Gasteiger partial charge on any atom is -0.504 e. The van der Waals surface area contributed by atoms with Crippen molar-refractivity contribution in [2.45, 2.75) is 0 Å². The highest BCUT2D eigenvalue weighted by Crippen LogP contribution is 2.37. The lowest BCUT2D eigenvalue weighted by Crippen LogP contribution is -1.96. The standard InChI is InChI=1S/C10H12O4.C8H8O3/c1-12-8-4-7(6-11)5-9(13-2)10(8)14-3;1-11-8-4-6(5-9)2-3-7(8)10/h4-6H,1-3H3;2-5,10H,1H3. The number of phenols is 1. The molecule has 0 fully saturated rings. The van der Waals surface area contributed by atoms with Crippen LogP contribution in [0.5, 0.6) is 28.7 Å². The maximum absolute atomic E-state index is 10.6. The molecule has 0 saturated heterocycles. The van der Waals surface area contributed by atoms with Gasteiger partial charge in [-0.1, -0.05) is 0 Å². The van der Waals surface area contributed by atoms with Crippen LogP contribution in [0.2, 0.25) is 0 Å². The van der Waals surface area contributed by atoms with Crippen molar-refractivity contribution in [3.05, 3.63) is 41.5 Å². The van der Waals surface area contributed by atoms with Crippen molar-refractivity contribution in [2.24, 2.45) is 0 Å². The van der Waals surface area contributed by atoms with Gasteiger partial charge in [-0.3, -0.25) is 9.59 Å². The number of hydrogen-bond acceptors (Lipinski definition) is 7. The Labute approximate surface area is 145 Å². The van der Waals surface area contributed by atoms with Gasteiger partial charge in [-0.2, -0.15) is 0 Å². The van der Waals surface area contributed by atoms with Crippen molar-refractivity contribution in [1.29, 1.82) is 0 Å². The first-order valence-corrected chi connectivity index (χ1v) is 7.11. The molecule has 0 saturated carbocycles. The topological polar surface area (TPSA) is 91.3 Å². The molecule has 0 heterocycles. The normalized spacial score (nSPS) is 9.28. The predicted octanol–water partition coefficient (Wildman–Crippen LogP) is 2.74. The molecular weight excluding hydrogens is 328 g/mol. The van der Waals surface area contributed by atoms with E-state index in [9.17, 15) is 9.59 Å². The monoisotopic (exact) mass is 348 g/mol. The number of aldehydes is 2. The van der Waals surface area contributed by atoms with Gasteiger partial charge >= 0.3 is 0 Å². The first-order valence-electron chi connectivity index (χ1n) is 7.11. The molecule has 2 aromatic carbocycles. The summed E-state index contributed by atoms with van der Waals surface area (Å²) in [6, 6.07) is 7.60. The Morgan fingerprint density at radius 2 is 1.20 bits per heavy atom. The molecule has 134 valence electrons. The van der Waals surface area contributed by atoms with Crippen molar-refractivity contribution in [3.8, 4) is 28.7 Å². The maximum atomic E-state index is 10.6. The van der Waals surface area contributed by atoms with Crippen molar-refractivity contribution in [2.75, 3.05) is 28.4 Å². The Kier molecular flexibility index (Phi) is 7.78. The van der Waals surface area contributed by atoms with E-state index in [0.717, 1.165) is 6.29 Å². The van der Waals surface area contributed by atoms with Crippen LogP contribution in [-0.2, 0) is 0 Å². The summed E-state index contributed by atoms with van der Waals surface area (Å²) in [6.07, 6.45) is 1.42. The molecule has 0 spiro atoms. The largest absolute Gasteiger partial charge is 0.504 e.